The normalized spacial score (nSPS) is 21.3. The monoisotopic (exact) mass is 308 g/mol. The van der Waals surface area contributed by atoms with Crippen molar-refractivity contribution in [2.75, 3.05) is 6.54 Å². The number of amides is 1. The van der Waals surface area contributed by atoms with Crippen molar-refractivity contribution in [3.63, 3.8) is 0 Å². The van der Waals surface area contributed by atoms with Crippen LogP contribution in [0, 0.1) is 0 Å². The van der Waals surface area contributed by atoms with E-state index in [9.17, 15) is 9.59 Å². The first-order chi connectivity index (χ1) is 8.56. The van der Waals surface area contributed by atoms with Gasteiger partial charge in [-0.15, -0.1) is 0 Å². The molecule has 1 atom stereocenters. The summed E-state index contributed by atoms with van der Waals surface area (Å²) < 4.78 is 0.911. The van der Waals surface area contributed by atoms with Crippen LogP contribution in [0.25, 0.3) is 0 Å². The maximum absolute atomic E-state index is 11.9. The Labute approximate surface area is 114 Å². The molecule has 1 aromatic carbocycles. The van der Waals surface area contributed by atoms with E-state index < -0.39 is 0 Å². The third-order valence-corrected chi connectivity index (χ3v) is 3.15. The van der Waals surface area contributed by atoms with E-state index in [1.165, 1.54) is 6.08 Å². The number of carbonyl (C=O) groups excluding carboxylic acids is 2. The molecule has 4 nitrogen and oxygen atoms in total. The summed E-state index contributed by atoms with van der Waals surface area (Å²) in [5, 5.41) is 5.72. The Bertz CT molecular complexity index is 508. The zero-order valence-electron chi connectivity index (χ0n) is 9.87. The summed E-state index contributed by atoms with van der Waals surface area (Å²) >= 11 is 3.31. The molecule has 0 radical (unpaired) electrons. The number of piperazine rings is 1. The first-order valence-corrected chi connectivity index (χ1v) is 6.42. The Morgan fingerprint density at radius 1 is 1.39 bits per heavy atom. The van der Waals surface area contributed by atoms with E-state index in [0.29, 0.717) is 17.8 Å². The molecule has 2 rings (SSSR count). The van der Waals surface area contributed by atoms with Crippen molar-refractivity contribution in [1.82, 2.24) is 10.6 Å². The van der Waals surface area contributed by atoms with Gasteiger partial charge < -0.3 is 10.6 Å². The Morgan fingerprint density at radius 3 is 2.67 bits per heavy atom. The van der Waals surface area contributed by atoms with Crippen molar-refractivity contribution in [2.45, 2.75) is 13.0 Å². The highest BCUT2D eigenvalue weighted by Crippen LogP contribution is 2.12. The number of hydrogen-bond acceptors (Lipinski definition) is 3. The van der Waals surface area contributed by atoms with Gasteiger partial charge in [0.25, 0.3) is 5.91 Å². The molecular weight excluding hydrogens is 296 g/mol. The van der Waals surface area contributed by atoms with Crippen LogP contribution in [0.2, 0.25) is 0 Å². The van der Waals surface area contributed by atoms with E-state index in [1.807, 2.05) is 6.92 Å². The van der Waals surface area contributed by atoms with Crippen LogP contribution < -0.4 is 10.6 Å². The molecular formula is C13H13BrN2O2. The van der Waals surface area contributed by atoms with Gasteiger partial charge in [0.2, 0.25) is 0 Å². The lowest BCUT2D eigenvalue weighted by Gasteiger charge is -2.23. The molecule has 1 amide bonds. The second-order valence-electron chi connectivity index (χ2n) is 4.18. The summed E-state index contributed by atoms with van der Waals surface area (Å²) in [6.07, 6.45) is 1.34. The molecule has 0 spiro atoms. The second kappa shape index (κ2) is 5.35. The largest absolute Gasteiger partial charge is 0.378 e. The third-order valence-electron chi connectivity index (χ3n) is 2.62. The summed E-state index contributed by atoms with van der Waals surface area (Å²) in [6, 6.07) is 7.10. The summed E-state index contributed by atoms with van der Waals surface area (Å²) in [4.78, 5) is 23.6. The Hall–Kier alpha value is -1.62. The molecule has 1 fully saturated rings. The highest BCUT2D eigenvalue weighted by atomic mass is 79.9. The van der Waals surface area contributed by atoms with Crippen LogP contribution in [0.4, 0.5) is 0 Å². The predicted molar refractivity (Wildman–Crippen MR) is 72.2 cm³/mol. The van der Waals surface area contributed by atoms with Gasteiger partial charge in [-0.1, -0.05) is 15.9 Å². The van der Waals surface area contributed by atoms with E-state index in [0.717, 1.165) is 4.47 Å². The molecule has 0 unspecified atom stereocenters. The zero-order valence-corrected chi connectivity index (χ0v) is 11.5. The summed E-state index contributed by atoms with van der Waals surface area (Å²) in [5.74, 6) is -0.422. The molecule has 1 aliphatic heterocycles. The van der Waals surface area contributed by atoms with Gasteiger partial charge in [0.1, 0.15) is 5.70 Å². The molecule has 0 aliphatic carbocycles. The lowest BCUT2D eigenvalue weighted by molar-refractivity contribution is -0.119. The van der Waals surface area contributed by atoms with Crippen LogP contribution in [0.15, 0.2) is 40.5 Å². The molecule has 1 aliphatic rings. The Balaban J connectivity index is 2.15. The number of ketones is 1. The molecule has 1 saturated heterocycles. The minimum absolute atomic E-state index is 0.0810. The Kier molecular flexibility index (Phi) is 3.81. The quantitative estimate of drug-likeness (QED) is 0.645. The van der Waals surface area contributed by atoms with Crippen molar-refractivity contribution >= 4 is 27.6 Å². The highest BCUT2D eigenvalue weighted by Gasteiger charge is 2.19. The number of hydrogen-bond donors (Lipinski definition) is 2. The second-order valence-corrected chi connectivity index (χ2v) is 5.10. The molecule has 94 valence electrons. The zero-order chi connectivity index (χ0) is 13.1. The van der Waals surface area contributed by atoms with E-state index in [1.54, 1.807) is 24.3 Å². The highest BCUT2D eigenvalue weighted by molar-refractivity contribution is 9.10. The molecule has 1 heterocycles. The first-order valence-electron chi connectivity index (χ1n) is 5.62. The minimum atomic E-state index is -0.237. The smallest absolute Gasteiger partial charge is 0.267 e. The summed E-state index contributed by atoms with van der Waals surface area (Å²) in [6.45, 7) is 2.53. The SMILES string of the molecule is C[C@@H]1CN/C(=C/C(=O)c2ccc(Br)cc2)C(=O)N1. The van der Waals surface area contributed by atoms with Crippen LogP contribution in [0.5, 0.6) is 0 Å². The fraction of sp³-hybridized carbons (Fsp3) is 0.231. The third kappa shape index (κ3) is 2.98. The molecule has 0 saturated carbocycles. The van der Waals surface area contributed by atoms with E-state index in [4.69, 9.17) is 0 Å². The van der Waals surface area contributed by atoms with Crippen molar-refractivity contribution in [3.8, 4) is 0 Å². The van der Waals surface area contributed by atoms with Gasteiger partial charge in [-0.25, -0.2) is 0 Å². The van der Waals surface area contributed by atoms with E-state index in [2.05, 4.69) is 26.6 Å². The van der Waals surface area contributed by atoms with Crippen molar-refractivity contribution < 1.29 is 9.59 Å². The van der Waals surface area contributed by atoms with Gasteiger partial charge in [0.15, 0.2) is 5.78 Å². The minimum Gasteiger partial charge on any atom is -0.378 e. The number of rotatable bonds is 2. The molecule has 0 aromatic heterocycles. The average molecular weight is 309 g/mol. The van der Waals surface area contributed by atoms with Crippen molar-refractivity contribution in [1.29, 1.82) is 0 Å². The number of nitrogens with one attached hydrogen (secondary N) is 2. The van der Waals surface area contributed by atoms with E-state index in [-0.39, 0.29) is 17.7 Å². The maximum Gasteiger partial charge on any atom is 0.267 e. The summed E-state index contributed by atoms with van der Waals surface area (Å²) in [5.41, 5.74) is 0.875. The van der Waals surface area contributed by atoms with Gasteiger partial charge in [-0.3, -0.25) is 9.59 Å². The van der Waals surface area contributed by atoms with Crippen LogP contribution in [-0.4, -0.2) is 24.3 Å². The topological polar surface area (TPSA) is 58.2 Å². The molecule has 5 heteroatoms. The van der Waals surface area contributed by atoms with Gasteiger partial charge in [0, 0.05) is 28.7 Å². The fourth-order valence-corrected chi connectivity index (χ4v) is 1.91. The van der Waals surface area contributed by atoms with Crippen LogP contribution in [0.1, 0.15) is 17.3 Å². The fourth-order valence-electron chi connectivity index (χ4n) is 1.64. The van der Waals surface area contributed by atoms with Gasteiger partial charge >= 0.3 is 0 Å². The lowest BCUT2D eigenvalue weighted by atomic mass is 10.1. The van der Waals surface area contributed by atoms with E-state index >= 15 is 0 Å². The van der Waals surface area contributed by atoms with Crippen LogP contribution in [-0.2, 0) is 4.79 Å². The first kappa shape index (κ1) is 12.8. The van der Waals surface area contributed by atoms with Crippen LogP contribution in [0.3, 0.4) is 0 Å². The van der Waals surface area contributed by atoms with Crippen molar-refractivity contribution in [2.24, 2.45) is 0 Å². The standard InChI is InChI=1S/C13H13BrN2O2/c1-8-7-15-11(13(18)16-8)6-12(17)9-2-4-10(14)5-3-9/h2-6,8,15H,7H2,1H3,(H,16,18)/b11-6+/t8-/m1/s1. The van der Waals surface area contributed by atoms with Crippen LogP contribution >= 0.6 is 15.9 Å². The van der Waals surface area contributed by atoms with Crippen molar-refractivity contribution in [3.05, 3.63) is 46.1 Å². The molecule has 18 heavy (non-hydrogen) atoms. The maximum atomic E-state index is 11.9. The molecule has 2 N–H and O–H groups in total. The number of allylic oxidation sites excluding steroid dienone is 1. The molecule has 0 bridgehead atoms. The number of carbonyl (C=O) groups is 2. The van der Waals surface area contributed by atoms with Gasteiger partial charge in [0.05, 0.1) is 0 Å². The number of benzene rings is 1. The Morgan fingerprint density at radius 2 is 2.06 bits per heavy atom. The van der Waals surface area contributed by atoms with Gasteiger partial charge in [-0.05, 0) is 31.2 Å². The average Bonchev–Trinajstić information content (AvgIpc) is 2.33. The summed E-state index contributed by atoms with van der Waals surface area (Å²) in [7, 11) is 0. The lowest BCUT2D eigenvalue weighted by Crippen LogP contribution is -2.49. The predicted octanol–water partition coefficient (Wildman–Crippen LogP) is 1.62. The van der Waals surface area contributed by atoms with Gasteiger partial charge in [-0.2, -0.15) is 0 Å². The molecule has 1 aromatic rings. The number of halogens is 1.